The molecule has 0 aromatic carbocycles. The number of nitrogens with zero attached hydrogens (tertiary/aromatic N) is 2. The van der Waals surface area contributed by atoms with E-state index in [0.717, 1.165) is 0 Å². The SMILES string of the molecule is NC(=O)CC(N)C(=O)NC(Cc1cnc[nH]1)C(=O)NCC(=O)N1CCCC1C(=O)O. The summed E-state index contributed by atoms with van der Waals surface area (Å²) in [5, 5.41) is 14.0. The molecule has 1 fully saturated rings. The number of amides is 4. The number of H-pyrrole nitrogens is 1. The summed E-state index contributed by atoms with van der Waals surface area (Å²) >= 11 is 0. The van der Waals surface area contributed by atoms with E-state index in [2.05, 4.69) is 20.6 Å². The molecule has 1 aliphatic heterocycles. The number of nitrogens with one attached hydrogen (secondary N) is 3. The van der Waals surface area contributed by atoms with Gasteiger partial charge in [-0.15, -0.1) is 0 Å². The molecule has 0 radical (unpaired) electrons. The van der Waals surface area contributed by atoms with Gasteiger partial charge < -0.3 is 37.1 Å². The van der Waals surface area contributed by atoms with Crippen molar-refractivity contribution >= 4 is 29.6 Å². The van der Waals surface area contributed by atoms with Gasteiger partial charge in [-0.1, -0.05) is 0 Å². The summed E-state index contributed by atoms with van der Waals surface area (Å²) in [6.07, 6.45) is 3.40. The van der Waals surface area contributed by atoms with Gasteiger partial charge in [-0.05, 0) is 12.8 Å². The lowest BCUT2D eigenvalue weighted by atomic mass is 10.1. The lowest BCUT2D eigenvalue weighted by Crippen LogP contribution is -2.54. The van der Waals surface area contributed by atoms with Crippen LogP contribution in [-0.4, -0.2) is 80.8 Å². The van der Waals surface area contributed by atoms with E-state index in [1.807, 2.05) is 0 Å². The van der Waals surface area contributed by atoms with E-state index >= 15 is 0 Å². The molecule has 1 aromatic rings. The van der Waals surface area contributed by atoms with Crippen molar-refractivity contribution in [3.63, 3.8) is 0 Å². The minimum Gasteiger partial charge on any atom is -0.480 e. The third-order valence-corrected chi connectivity index (χ3v) is 4.64. The number of hydrogen-bond acceptors (Lipinski definition) is 7. The van der Waals surface area contributed by atoms with E-state index in [4.69, 9.17) is 11.5 Å². The molecular formula is C17H25N7O6. The summed E-state index contributed by atoms with van der Waals surface area (Å²) in [6, 6.07) is -3.26. The Bertz CT molecular complexity index is 797. The fourth-order valence-electron chi connectivity index (χ4n) is 3.12. The summed E-state index contributed by atoms with van der Waals surface area (Å²) in [4.78, 5) is 67.1. The van der Waals surface area contributed by atoms with Gasteiger partial charge >= 0.3 is 5.97 Å². The molecular weight excluding hydrogens is 398 g/mol. The lowest BCUT2D eigenvalue weighted by Gasteiger charge is -2.23. The standard InChI is InChI=1S/C17H25N7O6/c18-10(5-13(19)25)15(27)23-11(4-9-6-20-8-22-9)16(28)21-7-14(26)24-3-1-2-12(24)17(29)30/h6,8,10-12H,1-5,7,18H2,(H2,19,25)(H,20,22)(H,21,28)(H,23,27)(H,29,30). The lowest BCUT2D eigenvalue weighted by molar-refractivity contribution is -0.148. The van der Waals surface area contributed by atoms with Crippen LogP contribution in [0.1, 0.15) is 25.0 Å². The largest absolute Gasteiger partial charge is 0.480 e. The summed E-state index contributed by atoms with van der Waals surface area (Å²) < 4.78 is 0. The average molecular weight is 423 g/mol. The van der Waals surface area contributed by atoms with Crippen molar-refractivity contribution in [2.45, 2.75) is 43.8 Å². The Kier molecular flexibility index (Phi) is 7.86. The molecule has 4 amide bonds. The summed E-state index contributed by atoms with van der Waals surface area (Å²) in [7, 11) is 0. The first-order chi connectivity index (χ1) is 14.2. The number of aromatic amines is 1. The number of primary amides is 1. The van der Waals surface area contributed by atoms with Gasteiger partial charge in [-0.2, -0.15) is 0 Å². The van der Waals surface area contributed by atoms with Gasteiger partial charge in [-0.25, -0.2) is 9.78 Å². The Labute approximate surface area is 171 Å². The van der Waals surface area contributed by atoms with Crippen LogP contribution >= 0.6 is 0 Å². The molecule has 0 spiro atoms. The molecule has 0 bridgehead atoms. The summed E-state index contributed by atoms with van der Waals surface area (Å²) in [5.41, 5.74) is 11.2. The van der Waals surface area contributed by atoms with Gasteiger partial charge in [0, 0.05) is 24.9 Å². The second-order valence-corrected chi connectivity index (χ2v) is 6.92. The number of nitrogens with two attached hydrogens (primary N) is 2. The zero-order chi connectivity index (χ0) is 22.3. The molecule has 3 unspecified atom stereocenters. The van der Waals surface area contributed by atoms with Crippen molar-refractivity contribution in [3.8, 4) is 0 Å². The molecule has 0 saturated carbocycles. The van der Waals surface area contributed by atoms with Crippen molar-refractivity contribution in [1.82, 2.24) is 25.5 Å². The van der Waals surface area contributed by atoms with E-state index in [1.54, 1.807) is 0 Å². The minimum atomic E-state index is -1.23. The van der Waals surface area contributed by atoms with E-state index in [-0.39, 0.29) is 6.42 Å². The summed E-state index contributed by atoms with van der Waals surface area (Å²) in [5.74, 6) is -3.84. The number of aromatic nitrogens is 2. The predicted molar refractivity (Wildman–Crippen MR) is 101 cm³/mol. The molecule has 1 saturated heterocycles. The second kappa shape index (κ2) is 10.3. The third-order valence-electron chi connectivity index (χ3n) is 4.64. The smallest absolute Gasteiger partial charge is 0.326 e. The van der Waals surface area contributed by atoms with Crippen molar-refractivity contribution in [2.24, 2.45) is 11.5 Å². The van der Waals surface area contributed by atoms with Crippen molar-refractivity contribution in [2.75, 3.05) is 13.1 Å². The van der Waals surface area contributed by atoms with E-state index < -0.39 is 60.7 Å². The first kappa shape index (κ1) is 22.8. The molecule has 0 aliphatic carbocycles. The van der Waals surface area contributed by atoms with Gasteiger partial charge in [0.1, 0.15) is 12.1 Å². The first-order valence-electron chi connectivity index (χ1n) is 9.30. The molecule has 3 atom stereocenters. The number of likely N-dealkylation sites (tertiary alicyclic amines) is 1. The number of imidazole rings is 1. The minimum absolute atomic E-state index is 0.0243. The normalized spacial score (nSPS) is 17.8. The van der Waals surface area contributed by atoms with Crippen LogP contribution in [0.15, 0.2) is 12.5 Å². The van der Waals surface area contributed by atoms with Crippen LogP contribution in [0.3, 0.4) is 0 Å². The Balaban J connectivity index is 1.99. The van der Waals surface area contributed by atoms with Crippen LogP contribution in [0.25, 0.3) is 0 Å². The van der Waals surface area contributed by atoms with Gasteiger partial charge in [0.2, 0.25) is 23.6 Å². The maximum atomic E-state index is 12.6. The van der Waals surface area contributed by atoms with Crippen LogP contribution in [0.2, 0.25) is 0 Å². The highest BCUT2D eigenvalue weighted by atomic mass is 16.4. The van der Waals surface area contributed by atoms with Gasteiger partial charge in [0.05, 0.1) is 25.3 Å². The van der Waals surface area contributed by atoms with E-state index in [0.29, 0.717) is 25.1 Å². The van der Waals surface area contributed by atoms with E-state index in [1.165, 1.54) is 17.4 Å². The number of hydrogen-bond donors (Lipinski definition) is 6. The van der Waals surface area contributed by atoms with Gasteiger partial charge in [0.25, 0.3) is 0 Å². The highest BCUT2D eigenvalue weighted by Crippen LogP contribution is 2.17. The molecule has 2 heterocycles. The zero-order valence-corrected chi connectivity index (χ0v) is 16.2. The fourth-order valence-corrected chi connectivity index (χ4v) is 3.12. The van der Waals surface area contributed by atoms with Crippen molar-refractivity contribution in [3.05, 3.63) is 18.2 Å². The number of carboxylic acids is 1. The van der Waals surface area contributed by atoms with E-state index in [9.17, 15) is 29.1 Å². The Morgan fingerprint density at radius 1 is 1.30 bits per heavy atom. The molecule has 2 rings (SSSR count). The van der Waals surface area contributed by atoms with Crippen LogP contribution < -0.4 is 22.1 Å². The van der Waals surface area contributed by atoms with Crippen LogP contribution in [0.5, 0.6) is 0 Å². The Hall–Kier alpha value is -3.48. The predicted octanol–water partition coefficient (Wildman–Crippen LogP) is -3.17. The van der Waals surface area contributed by atoms with Gasteiger partial charge in [-0.3, -0.25) is 19.2 Å². The fraction of sp³-hybridized carbons (Fsp3) is 0.529. The monoisotopic (exact) mass is 423 g/mol. The van der Waals surface area contributed by atoms with Gasteiger partial charge in [0.15, 0.2) is 0 Å². The highest BCUT2D eigenvalue weighted by molar-refractivity contribution is 5.94. The van der Waals surface area contributed by atoms with Crippen LogP contribution in [0, 0.1) is 0 Å². The number of carbonyl (C=O) groups excluding carboxylic acids is 4. The topological polar surface area (TPSA) is 214 Å². The molecule has 1 aliphatic rings. The zero-order valence-electron chi connectivity index (χ0n) is 16.2. The molecule has 8 N–H and O–H groups in total. The number of carbonyl (C=O) groups is 5. The van der Waals surface area contributed by atoms with Crippen molar-refractivity contribution < 1.29 is 29.1 Å². The maximum Gasteiger partial charge on any atom is 0.326 e. The van der Waals surface area contributed by atoms with Crippen LogP contribution in [0.4, 0.5) is 0 Å². The maximum absolute atomic E-state index is 12.6. The highest BCUT2D eigenvalue weighted by Gasteiger charge is 2.34. The first-order valence-corrected chi connectivity index (χ1v) is 9.30. The molecule has 164 valence electrons. The number of rotatable bonds is 10. The van der Waals surface area contributed by atoms with Crippen molar-refractivity contribution in [1.29, 1.82) is 0 Å². The van der Waals surface area contributed by atoms with Crippen LogP contribution in [-0.2, 0) is 30.4 Å². The second-order valence-electron chi connectivity index (χ2n) is 6.92. The summed E-state index contributed by atoms with van der Waals surface area (Å²) in [6.45, 7) is -0.132. The Morgan fingerprint density at radius 2 is 2.03 bits per heavy atom. The number of aliphatic carboxylic acids is 1. The molecule has 30 heavy (non-hydrogen) atoms. The Morgan fingerprint density at radius 3 is 2.63 bits per heavy atom. The molecule has 13 heteroatoms. The average Bonchev–Trinajstić information content (AvgIpc) is 3.36. The number of carboxylic acid groups (broad SMARTS) is 1. The quantitative estimate of drug-likeness (QED) is 0.225. The molecule has 13 nitrogen and oxygen atoms in total. The third kappa shape index (κ3) is 6.27. The molecule has 1 aromatic heterocycles.